The molecule has 0 heterocycles. The normalized spacial score (nSPS) is 9.24. The summed E-state index contributed by atoms with van der Waals surface area (Å²) in [4.78, 5) is 21.3. The van der Waals surface area contributed by atoms with Gasteiger partial charge in [-0.05, 0) is 13.1 Å². The smallest absolute Gasteiger partial charge is 0.271 e. The molecule has 0 aliphatic rings. The first kappa shape index (κ1) is 15.3. The Kier molecular flexibility index (Phi) is 6.85. The molecule has 0 spiro atoms. The monoisotopic (exact) mass is 259 g/mol. The Morgan fingerprint density at radius 1 is 1.47 bits per heavy atom. The van der Waals surface area contributed by atoms with E-state index in [1.807, 2.05) is 0 Å². The predicted molar refractivity (Wildman–Crippen MR) is 67.5 cm³/mol. The third kappa shape index (κ3) is 5.28. The van der Waals surface area contributed by atoms with E-state index in [-0.39, 0.29) is 24.0 Å². The van der Waals surface area contributed by atoms with Gasteiger partial charge in [0.05, 0.1) is 4.92 Å². The van der Waals surface area contributed by atoms with Crippen molar-refractivity contribution < 1.29 is 9.72 Å². The first-order chi connectivity index (χ1) is 7.63. The van der Waals surface area contributed by atoms with Crippen molar-refractivity contribution in [2.24, 2.45) is 0 Å². The number of rotatable bonds is 5. The van der Waals surface area contributed by atoms with Crippen molar-refractivity contribution >= 4 is 29.7 Å². The molecule has 0 fully saturated rings. The number of nitro groups is 1. The van der Waals surface area contributed by atoms with Gasteiger partial charge in [0.25, 0.3) is 5.69 Å². The molecule has 0 aliphatic heterocycles. The maximum atomic E-state index is 11.3. The molecule has 1 aromatic rings. The zero-order chi connectivity index (χ0) is 12.0. The van der Waals surface area contributed by atoms with Crippen LogP contribution in [-0.4, -0.2) is 24.4 Å². The summed E-state index contributed by atoms with van der Waals surface area (Å²) >= 11 is 0. The van der Waals surface area contributed by atoms with Gasteiger partial charge in [0.2, 0.25) is 5.91 Å². The van der Waals surface area contributed by atoms with E-state index < -0.39 is 4.92 Å². The van der Waals surface area contributed by atoms with Crippen molar-refractivity contribution in [3.8, 4) is 0 Å². The molecule has 0 atom stereocenters. The molecule has 0 bridgehead atoms. The fourth-order valence-electron chi connectivity index (χ4n) is 1.16. The molecular weight excluding hydrogens is 246 g/mol. The van der Waals surface area contributed by atoms with Gasteiger partial charge in [-0.1, -0.05) is 6.07 Å². The quantitative estimate of drug-likeness (QED) is 0.621. The maximum Gasteiger partial charge on any atom is 0.271 e. The van der Waals surface area contributed by atoms with Crippen LogP contribution >= 0.6 is 12.4 Å². The Bertz CT molecular complexity index is 398. The van der Waals surface area contributed by atoms with Gasteiger partial charge in [-0.2, -0.15) is 0 Å². The van der Waals surface area contributed by atoms with Gasteiger partial charge in [-0.25, -0.2) is 0 Å². The molecular formula is C10H14ClN3O3. The van der Waals surface area contributed by atoms with Crippen LogP contribution in [-0.2, 0) is 4.79 Å². The molecule has 6 nitrogen and oxygen atoms in total. The highest BCUT2D eigenvalue weighted by Gasteiger charge is 2.07. The number of non-ortho nitro benzene ring substituents is 1. The standard InChI is InChI=1S/C10H13N3O3.ClH/c1-11-6-5-10(14)12-8-3-2-4-9(7-8)13(15)16;/h2-4,7,11H,5-6H2,1H3,(H,12,14);1H. The van der Waals surface area contributed by atoms with E-state index >= 15 is 0 Å². The Morgan fingerprint density at radius 2 is 2.18 bits per heavy atom. The lowest BCUT2D eigenvalue weighted by Gasteiger charge is -2.04. The van der Waals surface area contributed by atoms with Crippen molar-refractivity contribution in [3.63, 3.8) is 0 Å². The number of carbonyl (C=O) groups is 1. The zero-order valence-electron chi connectivity index (χ0n) is 9.30. The number of halogens is 1. The second-order valence-corrected chi connectivity index (χ2v) is 3.21. The average Bonchev–Trinajstić information content (AvgIpc) is 2.26. The fourth-order valence-corrected chi connectivity index (χ4v) is 1.16. The van der Waals surface area contributed by atoms with Crippen LogP contribution in [0.5, 0.6) is 0 Å². The molecule has 0 unspecified atom stereocenters. The largest absolute Gasteiger partial charge is 0.326 e. The Hall–Kier alpha value is -1.66. The number of nitro benzene ring substituents is 1. The number of hydrogen-bond donors (Lipinski definition) is 2. The topological polar surface area (TPSA) is 84.3 Å². The number of nitrogens with one attached hydrogen (secondary N) is 2. The van der Waals surface area contributed by atoms with Crippen LogP contribution in [0.2, 0.25) is 0 Å². The second kappa shape index (κ2) is 7.59. The van der Waals surface area contributed by atoms with E-state index in [0.717, 1.165) is 0 Å². The van der Waals surface area contributed by atoms with Crippen LogP contribution in [0.1, 0.15) is 6.42 Å². The van der Waals surface area contributed by atoms with Gasteiger partial charge >= 0.3 is 0 Å². The van der Waals surface area contributed by atoms with Crippen molar-refractivity contribution in [2.75, 3.05) is 18.9 Å². The molecule has 0 aliphatic carbocycles. The molecule has 0 saturated carbocycles. The predicted octanol–water partition coefficient (Wildman–Crippen LogP) is 1.56. The molecule has 0 radical (unpaired) electrons. The SMILES string of the molecule is CNCCC(=O)Nc1cccc([N+](=O)[O-])c1.Cl. The maximum absolute atomic E-state index is 11.3. The number of carbonyl (C=O) groups excluding carboxylic acids is 1. The van der Waals surface area contributed by atoms with Crippen molar-refractivity contribution in [3.05, 3.63) is 34.4 Å². The lowest BCUT2D eigenvalue weighted by molar-refractivity contribution is -0.384. The van der Waals surface area contributed by atoms with Crippen LogP contribution in [0.25, 0.3) is 0 Å². The van der Waals surface area contributed by atoms with Gasteiger partial charge < -0.3 is 10.6 Å². The van der Waals surface area contributed by atoms with Crippen LogP contribution < -0.4 is 10.6 Å². The Morgan fingerprint density at radius 3 is 2.76 bits per heavy atom. The van der Waals surface area contributed by atoms with Gasteiger partial charge in [-0.3, -0.25) is 14.9 Å². The molecule has 2 N–H and O–H groups in total. The highest BCUT2D eigenvalue weighted by atomic mass is 35.5. The molecule has 1 aromatic carbocycles. The number of benzene rings is 1. The highest BCUT2D eigenvalue weighted by molar-refractivity contribution is 5.91. The zero-order valence-corrected chi connectivity index (χ0v) is 10.1. The third-order valence-corrected chi connectivity index (χ3v) is 1.94. The van der Waals surface area contributed by atoms with Crippen molar-refractivity contribution in [1.82, 2.24) is 5.32 Å². The minimum absolute atomic E-state index is 0. The highest BCUT2D eigenvalue weighted by Crippen LogP contribution is 2.16. The van der Waals surface area contributed by atoms with E-state index in [4.69, 9.17) is 0 Å². The minimum atomic E-state index is -0.497. The van der Waals surface area contributed by atoms with E-state index in [0.29, 0.717) is 18.7 Å². The van der Waals surface area contributed by atoms with Crippen LogP contribution in [0.4, 0.5) is 11.4 Å². The van der Waals surface area contributed by atoms with Gasteiger partial charge in [0.1, 0.15) is 0 Å². The lowest BCUT2D eigenvalue weighted by atomic mass is 10.2. The summed E-state index contributed by atoms with van der Waals surface area (Å²) < 4.78 is 0. The Balaban J connectivity index is 0.00000256. The van der Waals surface area contributed by atoms with E-state index in [9.17, 15) is 14.9 Å². The van der Waals surface area contributed by atoms with Crippen molar-refractivity contribution in [1.29, 1.82) is 0 Å². The Labute approximate surface area is 105 Å². The number of amides is 1. The summed E-state index contributed by atoms with van der Waals surface area (Å²) in [6.45, 7) is 0.570. The third-order valence-electron chi connectivity index (χ3n) is 1.94. The molecule has 17 heavy (non-hydrogen) atoms. The van der Waals surface area contributed by atoms with E-state index in [1.54, 1.807) is 13.1 Å². The van der Waals surface area contributed by atoms with E-state index in [2.05, 4.69) is 10.6 Å². The second-order valence-electron chi connectivity index (χ2n) is 3.21. The molecule has 0 saturated heterocycles. The summed E-state index contributed by atoms with van der Waals surface area (Å²) in [5.74, 6) is -0.171. The van der Waals surface area contributed by atoms with Gasteiger partial charge in [0.15, 0.2) is 0 Å². The average molecular weight is 260 g/mol. The number of anilines is 1. The molecule has 1 amide bonds. The van der Waals surface area contributed by atoms with Crippen LogP contribution in [0.3, 0.4) is 0 Å². The molecule has 0 aromatic heterocycles. The summed E-state index contributed by atoms with van der Waals surface area (Å²) in [6, 6.07) is 5.86. The van der Waals surface area contributed by atoms with Crippen molar-refractivity contribution in [2.45, 2.75) is 6.42 Å². The summed E-state index contributed by atoms with van der Waals surface area (Å²) in [5.41, 5.74) is 0.404. The van der Waals surface area contributed by atoms with Gasteiger partial charge in [0, 0.05) is 30.8 Å². The lowest BCUT2D eigenvalue weighted by Crippen LogP contribution is -2.18. The van der Waals surface area contributed by atoms with Gasteiger partial charge in [-0.15, -0.1) is 12.4 Å². The van der Waals surface area contributed by atoms with E-state index in [1.165, 1.54) is 18.2 Å². The van der Waals surface area contributed by atoms with Crippen LogP contribution in [0, 0.1) is 10.1 Å². The minimum Gasteiger partial charge on any atom is -0.326 e. The summed E-state index contributed by atoms with van der Waals surface area (Å²) in [7, 11) is 1.75. The number of nitrogens with zero attached hydrogens (tertiary/aromatic N) is 1. The molecule has 7 heteroatoms. The first-order valence-electron chi connectivity index (χ1n) is 4.82. The summed E-state index contributed by atoms with van der Waals surface area (Å²) in [5, 5.41) is 15.9. The molecule has 1 rings (SSSR count). The number of hydrogen-bond acceptors (Lipinski definition) is 4. The fraction of sp³-hybridized carbons (Fsp3) is 0.300. The first-order valence-corrected chi connectivity index (χ1v) is 4.82. The molecule has 94 valence electrons. The summed E-state index contributed by atoms with van der Waals surface area (Å²) in [6.07, 6.45) is 0.333. The van der Waals surface area contributed by atoms with Crippen LogP contribution in [0.15, 0.2) is 24.3 Å².